The molecule has 0 bridgehead atoms. The van der Waals surface area contributed by atoms with Gasteiger partial charge in [0.2, 0.25) is 0 Å². The molecule has 1 aromatic rings. The van der Waals surface area contributed by atoms with Gasteiger partial charge in [0.15, 0.2) is 9.84 Å². The molecule has 1 amide bonds. The van der Waals surface area contributed by atoms with E-state index in [1.165, 1.54) is 0 Å². The number of hydrogen-bond acceptors (Lipinski definition) is 5. The monoisotopic (exact) mass is 368 g/mol. The molecule has 6 nitrogen and oxygen atoms in total. The molecular weight excluding hydrogens is 340 g/mol. The van der Waals surface area contributed by atoms with Gasteiger partial charge in [-0.3, -0.25) is 4.79 Å². The molecule has 3 N–H and O–H groups in total. The Kier molecular flexibility index (Phi) is 5.79. The Bertz CT molecular complexity index is 745. The Labute approximate surface area is 149 Å². The van der Waals surface area contributed by atoms with Crippen molar-refractivity contribution in [1.29, 1.82) is 0 Å². The second-order valence-corrected chi connectivity index (χ2v) is 9.59. The zero-order chi connectivity index (χ0) is 18.8. The fourth-order valence-corrected chi connectivity index (χ4v) is 4.73. The topological polar surface area (TPSA) is 95.5 Å². The van der Waals surface area contributed by atoms with Crippen LogP contribution in [-0.4, -0.2) is 49.1 Å². The number of anilines is 1. The van der Waals surface area contributed by atoms with Crippen molar-refractivity contribution in [2.45, 2.75) is 45.8 Å². The lowest BCUT2D eigenvalue weighted by atomic mass is 10.0. The van der Waals surface area contributed by atoms with Crippen LogP contribution in [0.25, 0.3) is 0 Å². The minimum atomic E-state index is -3.21. The molecule has 7 heteroatoms. The molecule has 0 saturated carbocycles. The molecule has 1 heterocycles. The molecule has 0 spiro atoms. The fraction of sp³-hybridized carbons (Fsp3) is 0.611. The summed E-state index contributed by atoms with van der Waals surface area (Å²) < 4.78 is 23.1. The highest BCUT2D eigenvalue weighted by molar-refractivity contribution is 7.91. The van der Waals surface area contributed by atoms with Gasteiger partial charge in [-0.25, -0.2) is 8.42 Å². The Morgan fingerprint density at radius 3 is 2.56 bits per heavy atom. The normalized spacial score (nSPS) is 23.4. The summed E-state index contributed by atoms with van der Waals surface area (Å²) >= 11 is 0. The van der Waals surface area contributed by atoms with E-state index in [0.717, 1.165) is 11.3 Å². The van der Waals surface area contributed by atoms with Crippen LogP contribution in [0.4, 0.5) is 5.69 Å². The lowest BCUT2D eigenvalue weighted by Crippen LogP contribution is -2.44. The first kappa shape index (κ1) is 19.7. The lowest BCUT2D eigenvalue weighted by molar-refractivity contribution is 0.0608. The van der Waals surface area contributed by atoms with Crippen molar-refractivity contribution in [2.75, 3.05) is 23.4 Å². The molecule has 140 valence electrons. The van der Waals surface area contributed by atoms with E-state index in [1.807, 2.05) is 19.1 Å². The number of nitrogens with one attached hydrogen (secondary N) is 2. The minimum absolute atomic E-state index is 0.0368. The van der Waals surface area contributed by atoms with Gasteiger partial charge in [-0.15, -0.1) is 0 Å². The molecular formula is C18H28N2O4S. The number of hydrogen-bond donors (Lipinski definition) is 3. The van der Waals surface area contributed by atoms with Gasteiger partial charge in [0.05, 0.1) is 17.1 Å². The summed E-state index contributed by atoms with van der Waals surface area (Å²) in [7, 11) is -3.21. The molecule has 1 fully saturated rings. The van der Waals surface area contributed by atoms with Crippen molar-refractivity contribution >= 4 is 21.4 Å². The predicted molar refractivity (Wildman–Crippen MR) is 99.7 cm³/mol. The van der Waals surface area contributed by atoms with Crippen molar-refractivity contribution in [3.8, 4) is 0 Å². The summed E-state index contributed by atoms with van der Waals surface area (Å²) in [6.45, 7) is 8.15. The smallest absolute Gasteiger partial charge is 0.251 e. The second kappa shape index (κ2) is 7.33. The molecule has 1 aliphatic heterocycles. The number of sulfone groups is 1. The summed E-state index contributed by atoms with van der Waals surface area (Å²) in [6, 6.07) is 5.74. The fourth-order valence-electron chi connectivity index (χ4n) is 2.83. The highest BCUT2D eigenvalue weighted by Gasteiger charge is 2.40. The molecule has 0 radical (unpaired) electrons. The Hall–Kier alpha value is -1.60. The average Bonchev–Trinajstić information content (AvgIpc) is 2.81. The maximum absolute atomic E-state index is 12.5. The van der Waals surface area contributed by atoms with Gasteiger partial charge in [0, 0.05) is 23.8 Å². The van der Waals surface area contributed by atoms with Gasteiger partial charge >= 0.3 is 0 Å². The van der Waals surface area contributed by atoms with E-state index in [-0.39, 0.29) is 36.4 Å². The molecule has 0 aromatic heterocycles. The van der Waals surface area contributed by atoms with Gasteiger partial charge in [0.25, 0.3) is 5.91 Å². The quantitative estimate of drug-likeness (QED) is 0.711. The summed E-state index contributed by atoms with van der Waals surface area (Å²) in [5.41, 5.74) is 0.879. The standard InChI is InChI=1S/C18H28N2O4S/c1-12(2)14(4)20-16-7-5-6-15(13(16)3)17(21)19-10-18(22)8-9-25(23,24)11-18/h5-7,12,14,20,22H,8-11H2,1-4H3,(H,19,21). The summed E-state index contributed by atoms with van der Waals surface area (Å²) in [4.78, 5) is 12.5. The summed E-state index contributed by atoms with van der Waals surface area (Å²) in [5.74, 6) is -0.191. The van der Waals surface area contributed by atoms with Crippen LogP contribution in [0.3, 0.4) is 0 Å². The van der Waals surface area contributed by atoms with E-state index < -0.39 is 15.4 Å². The van der Waals surface area contributed by atoms with E-state index in [2.05, 4.69) is 31.4 Å². The van der Waals surface area contributed by atoms with Crippen LogP contribution >= 0.6 is 0 Å². The third-order valence-corrected chi connectivity index (χ3v) is 6.71. The second-order valence-electron chi connectivity index (χ2n) is 7.40. The van der Waals surface area contributed by atoms with Crippen LogP contribution < -0.4 is 10.6 Å². The van der Waals surface area contributed by atoms with Gasteiger partial charge in [0.1, 0.15) is 0 Å². The summed E-state index contributed by atoms with van der Waals surface area (Å²) in [5, 5.41) is 16.4. The molecule has 1 aromatic carbocycles. The number of carbonyl (C=O) groups is 1. The Morgan fingerprint density at radius 1 is 1.32 bits per heavy atom. The maximum atomic E-state index is 12.5. The zero-order valence-electron chi connectivity index (χ0n) is 15.3. The maximum Gasteiger partial charge on any atom is 0.251 e. The summed E-state index contributed by atoms with van der Waals surface area (Å²) in [6.07, 6.45) is 0.155. The molecule has 2 rings (SSSR count). The predicted octanol–water partition coefficient (Wildman–Crippen LogP) is 1.73. The van der Waals surface area contributed by atoms with Gasteiger partial charge in [-0.2, -0.15) is 0 Å². The van der Waals surface area contributed by atoms with Crippen LogP contribution in [0, 0.1) is 12.8 Å². The van der Waals surface area contributed by atoms with Crippen LogP contribution in [0.15, 0.2) is 18.2 Å². The Balaban J connectivity index is 2.07. The van der Waals surface area contributed by atoms with Crippen molar-refractivity contribution in [1.82, 2.24) is 5.32 Å². The number of carbonyl (C=O) groups excluding carboxylic acids is 1. The van der Waals surface area contributed by atoms with Gasteiger partial charge in [-0.1, -0.05) is 19.9 Å². The van der Waals surface area contributed by atoms with Crippen LogP contribution in [-0.2, 0) is 9.84 Å². The number of benzene rings is 1. The van der Waals surface area contributed by atoms with Crippen LogP contribution in [0.2, 0.25) is 0 Å². The van der Waals surface area contributed by atoms with Crippen molar-refractivity contribution < 1.29 is 18.3 Å². The minimum Gasteiger partial charge on any atom is -0.387 e. The molecule has 0 aliphatic carbocycles. The average molecular weight is 368 g/mol. The highest BCUT2D eigenvalue weighted by Crippen LogP contribution is 2.24. The molecule has 2 atom stereocenters. The SMILES string of the molecule is Cc1c(NC(C)C(C)C)cccc1C(=O)NCC1(O)CCS(=O)(=O)C1. The Morgan fingerprint density at radius 2 is 2.00 bits per heavy atom. The third-order valence-electron chi connectivity index (χ3n) is 4.91. The molecule has 1 saturated heterocycles. The zero-order valence-corrected chi connectivity index (χ0v) is 16.1. The highest BCUT2D eigenvalue weighted by atomic mass is 32.2. The van der Waals surface area contributed by atoms with E-state index in [0.29, 0.717) is 11.5 Å². The van der Waals surface area contributed by atoms with Gasteiger partial charge < -0.3 is 15.7 Å². The van der Waals surface area contributed by atoms with E-state index >= 15 is 0 Å². The third kappa shape index (κ3) is 4.95. The van der Waals surface area contributed by atoms with Crippen molar-refractivity contribution in [2.24, 2.45) is 5.92 Å². The van der Waals surface area contributed by atoms with Crippen molar-refractivity contribution in [3.63, 3.8) is 0 Å². The van der Waals surface area contributed by atoms with Crippen molar-refractivity contribution in [3.05, 3.63) is 29.3 Å². The number of amides is 1. The van der Waals surface area contributed by atoms with Crippen LogP contribution in [0.5, 0.6) is 0 Å². The number of rotatable bonds is 6. The van der Waals surface area contributed by atoms with E-state index in [4.69, 9.17) is 0 Å². The molecule has 25 heavy (non-hydrogen) atoms. The lowest BCUT2D eigenvalue weighted by Gasteiger charge is -2.23. The first-order chi connectivity index (χ1) is 11.5. The first-order valence-electron chi connectivity index (χ1n) is 8.60. The van der Waals surface area contributed by atoms with E-state index in [9.17, 15) is 18.3 Å². The van der Waals surface area contributed by atoms with Crippen LogP contribution in [0.1, 0.15) is 43.1 Å². The van der Waals surface area contributed by atoms with Gasteiger partial charge in [-0.05, 0) is 43.9 Å². The van der Waals surface area contributed by atoms with E-state index in [1.54, 1.807) is 6.07 Å². The molecule has 2 unspecified atom stereocenters. The number of aliphatic hydroxyl groups is 1. The first-order valence-corrected chi connectivity index (χ1v) is 10.4. The molecule has 1 aliphatic rings. The largest absolute Gasteiger partial charge is 0.387 e.